The lowest BCUT2D eigenvalue weighted by Crippen LogP contribution is -2.10. The van der Waals surface area contributed by atoms with Gasteiger partial charge in [-0.3, -0.25) is 0 Å². The Bertz CT molecular complexity index is 421. The Hall–Kier alpha value is -1.81. The van der Waals surface area contributed by atoms with Crippen LogP contribution in [0.2, 0.25) is 5.02 Å². The number of hydrogen-bond acceptors (Lipinski definition) is 2. The van der Waals surface area contributed by atoms with Crippen LogP contribution in [-0.4, -0.2) is 22.2 Å². The van der Waals surface area contributed by atoms with E-state index in [1.807, 2.05) is 0 Å². The van der Waals surface area contributed by atoms with Gasteiger partial charge in [0.25, 0.3) is 0 Å². The van der Waals surface area contributed by atoms with Crippen LogP contribution in [-0.2, 0) is 9.59 Å². The van der Waals surface area contributed by atoms with Crippen LogP contribution in [0.3, 0.4) is 0 Å². The minimum Gasteiger partial charge on any atom is -0.477 e. The molecular formula is C10H7ClO4. The first-order valence-corrected chi connectivity index (χ1v) is 4.33. The third-order valence-electron chi connectivity index (χ3n) is 1.67. The second kappa shape index (κ2) is 4.61. The maximum Gasteiger partial charge on any atom is 0.343 e. The van der Waals surface area contributed by atoms with Gasteiger partial charge in [0.15, 0.2) is 0 Å². The molecule has 0 aliphatic rings. The number of benzene rings is 1. The predicted molar refractivity (Wildman–Crippen MR) is 54.7 cm³/mol. The first kappa shape index (κ1) is 11.3. The zero-order valence-electron chi connectivity index (χ0n) is 7.48. The minimum absolute atomic E-state index is 0.303. The molecule has 0 saturated carbocycles. The average Bonchev–Trinajstić information content (AvgIpc) is 2.15. The third-order valence-corrected chi connectivity index (χ3v) is 2.01. The summed E-state index contributed by atoms with van der Waals surface area (Å²) in [7, 11) is 0. The number of rotatable bonds is 3. The highest BCUT2D eigenvalue weighted by atomic mass is 35.5. The zero-order valence-corrected chi connectivity index (χ0v) is 8.23. The summed E-state index contributed by atoms with van der Waals surface area (Å²) in [5.74, 6) is -3.00. The van der Waals surface area contributed by atoms with E-state index >= 15 is 0 Å². The molecule has 15 heavy (non-hydrogen) atoms. The van der Waals surface area contributed by atoms with Gasteiger partial charge < -0.3 is 10.2 Å². The maximum atomic E-state index is 10.6. The van der Waals surface area contributed by atoms with Gasteiger partial charge in [0, 0.05) is 5.02 Å². The minimum atomic E-state index is -1.50. The number of halogens is 1. The fourth-order valence-electron chi connectivity index (χ4n) is 0.963. The summed E-state index contributed by atoms with van der Waals surface area (Å²) in [5.41, 5.74) is -0.359. The Labute approximate surface area is 90.4 Å². The Kier molecular flexibility index (Phi) is 3.46. The van der Waals surface area contributed by atoms with E-state index < -0.39 is 17.5 Å². The van der Waals surface area contributed by atoms with Crippen molar-refractivity contribution in [3.05, 3.63) is 40.4 Å². The molecule has 0 radical (unpaired) electrons. The van der Waals surface area contributed by atoms with Crippen molar-refractivity contribution in [3.63, 3.8) is 0 Å². The van der Waals surface area contributed by atoms with E-state index in [4.69, 9.17) is 21.8 Å². The van der Waals surface area contributed by atoms with Crippen LogP contribution in [0.1, 0.15) is 5.56 Å². The molecule has 78 valence electrons. The molecule has 0 saturated heterocycles. The second-order valence-electron chi connectivity index (χ2n) is 2.69. The van der Waals surface area contributed by atoms with Crippen LogP contribution in [0.25, 0.3) is 6.08 Å². The Morgan fingerprint density at radius 3 is 2.13 bits per heavy atom. The van der Waals surface area contributed by atoms with Crippen molar-refractivity contribution in [1.82, 2.24) is 0 Å². The first-order valence-electron chi connectivity index (χ1n) is 3.95. The van der Waals surface area contributed by atoms with Crippen LogP contribution in [0.5, 0.6) is 0 Å². The summed E-state index contributed by atoms with van der Waals surface area (Å²) in [5, 5.41) is 17.5. The van der Waals surface area contributed by atoms with Gasteiger partial charge >= 0.3 is 11.9 Å². The first-order chi connectivity index (χ1) is 7.02. The van der Waals surface area contributed by atoms with E-state index in [1.54, 1.807) is 18.2 Å². The number of carboxylic acids is 2. The van der Waals surface area contributed by atoms with Crippen molar-refractivity contribution < 1.29 is 19.8 Å². The summed E-state index contributed by atoms with van der Waals surface area (Å²) in [4.78, 5) is 21.1. The number of hydrogen-bond donors (Lipinski definition) is 2. The Morgan fingerprint density at radius 1 is 1.13 bits per heavy atom. The van der Waals surface area contributed by atoms with Crippen LogP contribution in [0, 0.1) is 0 Å². The SMILES string of the molecule is O=C(O)C(=Cc1ccccc1Cl)C(=O)O. The zero-order chi connectivity index (χ0) is 11.4. The van der Waals surface area contributed by atoms with Crippen LogP contribution in [0.15, 0.2) is 29.8 Å². The van der Waals surface area contributed by atoms with E-state index in [2.05, 4.69) is 0 Å². The van der Waals surface area contributed by atoms with Gasteiger partial charge in [-0.05, 0) is 17.7 Å². The summed E-state index contributed by atoms with van der Waals surface area (Å²) in [6, 6.07) is 6.39. The second-order valence-corrected chi connectivity index (χ2v) is 3.10. The molecule has 5 heteroatoms. The largest absolute Gasteiger partial charge is 0.477 e. The van der Waals surface area contributed by atoms with Crippen LogP contribution < -0.4 is 0 Å². The molecule has 0 bridgehead atoms. The molecule has 0 heterocycles. The van der Waals surface area contributed by atoms with Crippen LogP contribution in [0.4, 0.5) is 0 Å². The lowest BCUT2D eigenvalue weighted by molar-refractivity contribution is -0.139. The summed E-state index contributed by atoms with van der Waals surface area (Å²) < 4.78 is 0. The van der Waals surface area contributed by atoms with Crippen LogP contribution >= 0.6 is 11.6 Å². The van der Waals surface area contributed by atoms with Gasteiger partial charge in [0.05, 0.1) is 0 Å². The molecule has 0 aromatic heterocycles. The van der Waals surface area contributed by atoms with Gasteiger partial charge in [0.1, 0.15) is 5.57 Å². The van der Waals surface area contributed by atoms with E-state index in [0.29, 0.717) is 10.6 Å². The molecule has 1 rings (SSSR count). The van der Waals surface area contributed by atoms with Crippen molar-refractivity contribution >= 4 is 29.6 Å². The third kappa shape index (κ3) is 2.82. The molecule has 2 N–H and O–H groups in total. The Morgan fingerprint density at radius 2 is 1.67 bits per heavy atom. The molecule has 1 aromatic carbocycles. The van der Waals surface area contributed by atoms with E-state index in [9.17, 15) is 9.59 Å². The van der Waals surface area contributed by atoms with Crippen molar-refractivity contribution in [2.24, 2.45) is 0 Å². The molecule has 0 fully saturated rings. The molecule has 0 aliphatic carbocycles. The van der Waals surface area contributed by atoms with Gasteiger partial charge in [-0.15, -0.1) is 0 Å². The van der Waals surface area contributed by atoms with E-state index in [0.717, 1.165) is 6.08 Å². The number of aliphatic carboxylic acids is 2. The lowest BCUT2D eigenvalue weighted by Gasteiger charge is -1.98. The van der Waals surface area contributed by atoms with Gasteiger partial charge in [0.2, 0.25) is 0 Å². The highest BCUT2D eigenvalue weighted by Crippen LogP contribution is 2.18. The normalized spacial score (nSPS) is 9.40. The quantitative estimate of drug-likeness (QED) is 0.469. The van der Waals surface area contributed by atoms with Crippen molar-refractivity contribution in [2.45, 2.75) is 0 Å². The highest BCUT2D eigenvalue weighted by molar-refractivity contribution is 6.32. The van der Waals surface area contributed by atoms with Crippen molar-refractivity contribution in [3.8, 4) is 0 Å². The standard InChI is InChI=1S/C10H7ClO4/c11-8-4-2-1-3-6(8)5-7(9(12)13)10(14)15/h1-5H,(H,12,13)(H,14,15). The fraction of sp³-hybridized carbons (Fsp3) is 0. The smallest absolute Gasteiger partial charge is 0.343 e. The van der Waals surface area contributed by atoms with Gasteiger partial charge in [-0.1, -0.05) is 29.8 Å². The number of carboxylic acid groups (broad SMARTS) is 2. The summed E-state index contributed by atoms with van der Waals surface area (Å²) in [6.07, 6.45) is 1.02. The lowest BCUT2D eigenvalue weighted by atomic mass is 10.1. The fourth-order valence-corrected chi connectivity index (χ4v) is 1.15. The topological polar surface area (TPSA) is 74.6 Å². The molecule has 0 unspecified atom stereocenters. The highest BCUT2D eigenvalue weighted by Gasteiger charge is 2.16. The van der Waals surface area contributed by atoms with Gasteiger partial charge in [-0.25, -0.2) is 9.59 Å². The average molecular weight is 227 g/mol. The molecule has 1 aromatic rings. The molecule has 0 spiro atoms. The molecule has 4 nitrogen and oxygen atoms in total. The van der Waals surface area contributed by atoms with E-state index in [1.165, 1.54) is 6.07 Å². The van der Waals surface area contributed by atoms with E-state index in [-0.39, 0.29) is 0 Å². The Balaban J connectivity index is 3.19. The number of carbonyl (C=O) groups is 2. The monoisotopic (exact) mass is 226 g/mol. The summed E-state index contributed by atoms with van der Waals surface area (Å²) in [6.45, 7) is 0. The molecule has 0 aliphatic heterocycles. The van der Waals surface area contributed by atoms with Crippen molar-refractivity contribution in [1.29, 1.82) is 0 Å². The predicted octanol–water partition coefficient (Wildman–Crippen LogP) is 1.89. The molecular weight excluding hydrogens is 220 g/mol. The molecule has 0 atom stereocenters. The maximum absolute atomic E-state index is 10.6. The van der Waals surface area contributed by atoms with Gasteiger partial charge in [-0.2, -0.15) is 0 Å². The van der Waals surface area contributed by atoms with Crippen molar-refractivity contribution in [2.75, 3.05) is 0 Å². The summed E-state index contributed by atoms with van der Waals surface area (Å²) >= 11 is 5.75. The molecule has 0 amide bonds.